The Hall–Kier alpha value is -3.45. The number of benzene rings is 2. The van der Waals surface area contributed by atoms with E-state index in [1.54, 1.807) is 24.3 Å². The smallest absolute Gasteiger partial charge is 0.335 e. The van der Waals surface area contributed by atoms with Crippen LogP contribution in [0, 0.1) is 0 Å². The molecule has 2 aromatic carbocycles. The average Bonchev–Trinajstić information content (AvgIpc) is 3.52. The van der Waals surface area contributed by atoms with Crippen molar-refractivity contribution in [1.82, 2.24) is 15.3 Å². The summed E-state index contributed by atoms with van der Waals surface area (Å²) in [5.74, 6) is 1.57. The quantitative estimate of drug-likeness (QED) is 0.472. The topological polar surface area (TPSA) is 101 Å². The highest BCUT2D eigenvalue weighted by Crippen LogP contribution is 2.34. The average molecular weight is 417 g/mol. The minimum atomic E-state index is -0.959. The summed E-state index contributed by atoms with van der Waals surface area (Å²) in [5, 5.41) is 12.4. The van der Waals surface area contributed by atoms with Crippen LogP contribution in [0.15, 0.2) is 57.5 Å². The molecule has 0 saturated heterocycles. The molecule has 2 unspecified atom stereocenters. The van der Waals surface area contributed by atoms with E-state index in [1.165, 1.54) is 0 Å². The van der Waals surface area contributed by atoms with Crippen molar-refractivity contribution in [3.63, 3.8) is 0 Å². The van der Waals surface area contributed by atoms with Gasteiger partial charge in [0.1, 0.15) is 11.3 Å². The third-order valence-electron chi connectivity index (χ3n) is 5.97. The van der Waals surface area contributed by atoms with E-state index in [9.17, 15) is 4.79 Å². The lowest BCUT2D eigenvalue weighted by Gasteiger charge is -2.07. The molecule has 0 spiro atoms. The van der Waals surface area contributed by atoms with E-state index in [-0.39, 0.29) is 5.56 Å². The Labute approximate surface area is 179 Å². The minimum absolute atomic E-state index is 0.229. The van der Waals surface area contributed by atoms with Crippen molar-refractivity contribution in [3.05, 3.63) is 71.4 Å². The molecule has 158 valence electrons. The number of rotatable bonds is 6. The van der Waals surface area contributed by atoms with E-state index in [2.05, 4.69) is 15.3 Å². The first-order valence-corrected chi connectivity index (χ1v) is 10.4. The van der Waals surface area contributed by atoms with Gasteiger partial charge in [0.2, 0.25) is 5.89 Å². The molecular formula is C24H23N3O4. The molecule has 0 bridgehead atoms. The van der Waals surface area contributed by atoms with E-state index >= 15 is 0 Å². The molecule has 7 nitrogen and oxygen atoms in total. The van der Waals surface area contributed by atoms with Crippen LogP contribution in [0.25, 0.3) is 22.6 Å². The highest BCUT2D eigenvalue weighted by atomic mass is 16.4. The van der Waals surface area contributed by atoms with E-state index in [0.717, 1.165) is 47.6 Å². The maximum absolute atomic E-state index is 11.0. The normalized spacial score (nSPS) is 18.6. The van der Waals surface area contributed by atoms with Crippen molar-refractivity contribution in [1.29, 1.82) is 0 Å². The molecule has 1 aliphatic carbocycles. The Kier molecular flexibility index (Phi) is 5.03. The highest BCUT2D eigenvalue weighted by molar-refractivity contribution is 5.88. The second-order valence-electron chi connectivity index (χ2n) is 8.04. The van der Waals surface area contributed by atoms with Crippen LogP contribution in [0.4, 0.5) is 0 Å². The number of oxazole rings is 2. The summed E-state index contributed by atoms with van der Waals surface area (Å²) in [7, 11) is 2.00. The van der Waals surface area contributed by atoms with Gasteiger partial charge in [0.05, 0.1) is 11.8 Å². The Bertz CT molecular complexity index is 1230. The molecule has 4 aromatic rings. The van der Waals surface area contributed by atoms with Crippen molar-refractivity contribution in [3.8, 4) is 11.5 Å². The molecule has 2 aromatic heterocycles. The first-order valence-electron chi connectivity index (χ1n) is 10.4. The second kappa shape index (κ2) is 8.00. The van der Waals surface area contributed by atoms with E-state index in [4.69, 9.17) is 13.9 Å². The van der Waals surface area contributed by atoms with Crippen LogP contribution in [-0.4, -0.2) is 34.1 Å². The summed E-state index contributed by atoms with van der Waals surface area (Å²) >= 11 is 0. The largest absolute Gasteiger partial charge is 0.478 e. The minimum Gasteiger partial charge on any atom is -0.478 e. The Morgan fingerprint density at radius 1 is 1.16 bits per heavy atom. The molecule has 1 aliphatic rings. The molecule has 7 heteroatoms. The number of nitrogens with zero attached hydrogens (tertiary/aromatic N) is 2. The second-order valence-corrected chi connectivity index (χ2v) is 8.04. The fraction of sp³-hybridized carbons (Fsp3) is 0.292. The zero-order valence-corrected chi connectivity index (χ0v) is 17.2. The van der Waals surface area contributed by atoms with Crippen LogP contribution in [-0.2, 0) is 6.42 Å². The molecule has 31 heavy (non-hydrogen) atoms. The lowest BCUT2D eigenvalue weighted by molar-refractivity contribution is 0.0697. The molecule has 0 radical (unpaired) electrons. The van der Waals surface area contributed by atoms with E-state index in [0.29, 0.717) is 29.9 Å². The van der Waals surface area contributed by atoms with Gasteiger partial charge in [-0.15, -0.1) is 0 Å². The molecule has 5 rings (SSSR count). The third kappa shape index (κ3) is 3.96. The van der Waals surface area contributed by atoms with Crippen molar-refractivity contribution < 1.29 is 18.7 Å². The number of aromatic carboxylic acids is 1. The summed E-state index contributed by atoms with van der Waals surface area (Å²) in [5.41, 5.74) is 3.45. The van der Waals surface area contributed by atoms with Crippen LogP contribution in [0.1, 0.15) is 52.8 Å². The predicted octanol–water partition coefficient (Wildman–Crippen LogP) is 4.63. The number of hydrogen-bond donors (Lipinski definition) is 2. The number of nitrogens with one attached hydrogen (secondary N) is 1. The van der Waals surface area contributed by atoms with Crippen LogP contribution in [0.5, 0.6) is 0 Å². The fourth-order valence-corrected chi connectivity index (χ4v) is 4.22. The van der Waals surface area contributed by atoms with Gasteiger partial charge in [-0.2, -0.15) is 0 Å². The Morgan fingerprint density at radius 3 is 2.74 bits per heavy atom. The van der Waals surface area contributed by atoms with Gasteiger partial charge in [-0.05, 0) is 68.3 Å². The number of carboxylic acid groups (broad SMARTS) is 1. The summed E-state index contributed by atoms with van der Waals surface area (Å²) < 4.78 is 12.0. The first-order chi connectivity index (χ1) is 15.1. The number of carbonyl (C=O) groups is 1. The number of fused-ring (bicyclic) bond motifs is 1. The van der Waals surface area contributed by atoms with Crippen molar-refractivity contribution >= 4 is 17.1 Å². The molecule has 0 aliphatic heterocycles. The van der Waals surface area contributed by atoms with Gasteiger partial charge in [0.25, 0.3) is 0 Å². The van der Waals surface area contributed by atoms with Gasteiger partial charge in [0, 0.05) is 23.9 Å². The van der Waals surface area contributed by atoms with Gasteiger partial charge in [-0.25, -0.2) is 14.8 Å². The van der Waals surface area contributed by atoms with Crippen LogP contribution in [0.2, 0.25) is 0 Å². The van der Waals surface area contributed by atoms with Crippen LogP contribution < -0.4 is 5.32 Å². The standard InChI is InChI=1S/C24H23N3O4/c1-25-18-8-7-17(12-18)22-26-13-19(30-22)10-14-2-9-20-21(11-14)31-23(27-20)15-3-5-16(6-4-15)24(28)29/h2-6,9,11,13,17-18,25H,7-8,10,12H2,1H3,(H,28,29). The summed E-state index contributed by atoms with van der Waals surface area (Å²) in [4.78, 5) is 20.1. The maximum Gasteiger partial charge on any atom is 0.335 e. The monoisotopic (exact) mass is 417 g/mol. The van der Waals surface area contributed by atoms with E-state index < -0.39 is 5.97 Å². The van der Waals surface area contributed by atoms with Gasteiger partial charge in [0.15, 0.2) is 11.5 Å². The Morgan fingerprint density at radius 2 is 2.00 bits per heavy atom. The lowest BCUT2D eigenvalue weighted by atomic mass is 10.1. The van der Waals surface area contributed by atoms with Crippen molar-refractivity contribution in [2.75, 3.05) is 7.05 Å². The molecular weight excluding hydrogens is 394 g/mol. The molecule has 0 amide bonds. The SMILES string of the molecule is CNC1CCC(c2ncc(Cc3ccc4nc(-c5ccc(C(=O)O)cc5)oc4c3)o2)C1. The zero-order valence-electron chi connectivity index (χ0n) is 17.2. The number of aromatic nitrogens is 2. The van der Waals surface area contributed by atoms with Crippen LogP contribution >= 0.6 is 0 Å². The van der Waals surface area contributed by atoms with Gasteiger partial charge in [-0.3, -0.25) is 0 Å². The van der Waals surface area contributed by atoms with Gasteiger partial charge >= 0.3 is 5.97 Å². The number of hydrogen-bond acceptors (Lipinski definition) is 6. The van der Waals surface area contributed by atoms with Crippen LogP contribution in [0.3, 0.4) is 0 Å². The summed E-state index contributed by atoms with van der Waals surface area (Å²) in [6, 6.07) is 12.9. The first kappa shape index (κ1) is 19.5. The Balaban J connectivity index is 1.33. The highest BCUT2D eigenvalue weighted by Gasteiger charge is 2.28. The third-order valence-corrected chi connectivity index (χ3v) is 5.97. The molecule has 1 saturated carbocycles. The fourth-order valence-electron chi connectivity index (χ4n) is 4.22. The van der Waals surface area contributed by atoms with Crippen molar-refractivity contribution in [2.45, 2.75) is 37.6 Å². The molecule has 1 fully saturated rings. The van der Waals surface area contributed by atoms with Gasteiger partial charge < -0.3 is 19.3 Å². The summed E-state index contributed by atoms with van der Waals surface area (Å²) in [6.07, 6.45) is 5.78. The van der Waals surface area contributed by atoms with E-state index in [1.807, 2.05) is 31.4 Å². The molecule has 2 N–H and O–H groups in total. The van der Waals surface area contributed by atoms with Crippen molar-refractivity contribution in [2.24, 2.45) is 0 Å². The lowest BCUT2D eigenvalue weighted by Crippen LogP contribution is -2.21. The molecule has 2 atom stereocenters. The number of carboxylic acids is 1. The predicted molar refractivity (Wildman–Crippen MR) is 115 cm³/mol. The summed E-state index contributed by atoms with van der Waals surface area (Å²) in [6.45, 7) is 0. The zero-order chi connectivity index (χ0) is 21.4. The van der Waals surface area contributed by atoms with Gasteiger partial charge in [-0.1, -0.05) is 6.07 Å². The molecule has 2 heterocycles. The maximum atomic E-state index is 11.0.